The molecule has 0 saturated carbocycles. The highest BCUT2D eigenvalue weighted by Gasteiger charge is 2.19. The zero-order chi connectivity index (χ0) is 9.90. The number of benzene rings is 1. The molecular formula is C6H10N3O2PS. The monoisotopic (exact) mass is 219 g/mol. The summed E-state index contributed by atoms with van der Waals surface area (Å²) in [5.74, 6) is 0. The van der Waals surface area contributed by atoms with Crippen molar-refractivity contribution in [2.75, 3.05) is 0 Å². The van der Waals surface area contributed by atoms with E-state index in [0.717, 1.165) is 0 Å². The first-order chi connectivity index (χ1) is 5.99. The highest BCUT2D eigenvalue weighted by atomic mass is 32.2. The van der Waals surface area contributed by atoms with Gasteiger partial charge in [-0.15, -0.1) is 0 Å². The summed E-state index contributed by atoms with van der Waals surface area (Å²) in [4.78, 5) is 0.485. The van der Waals surface area contributed by atoms with Gasteiger partial charge < -0.3 is 4.55 Å². The summed E-state index contributed by atoms with van der Waals surface area (Å²) in [7, 11) is -3.44. The molecule has 0 aliphatic carbocycles. The fraction of sp³-hybridized carbons (Fsp3) is 0. The highest BCUT2D eigenvalue weighted by Crippen LogP contribution is 2.22. The molecule has 0 aromatic heterocycles. The average molecular weight is 219 g/mol. The SMILES string of the molecule is NP(N)(=O)N[S+]([O-])c1ccccc1. The molecule has 0 bridgehead atoms. The van der Waals surface area contributed by atoms with Gasteiger partial charge in [0, 0.05) is 0 Å². The van der Waals surface area contributed by atoms with Crippen LogP contribution in [0.5, 0.6) is 0 Å². The number of hydrogen-bond acceptors (Lipinski definition) is 2. The van der Waals surface area contributed by atoms with Gasteiger partial charge in [-0.25, -0.2) is 0 Å². The van der Waals surface area contributed by atoms with Crippen molar-refractivity contribution in [1.82, 2.24) is 4.49 Å². The van der Waals surface area contributed by atoms with Gasteiger partial charge in [-0.05, 0) is 12.1 Å². The molecule has 1 atom stereocenters. The van der Waals surface area contributed by atoms with Gasteiger partial charge in [0.05, 0.1) is 11.4 Å². The van der Waals surface area contributed by atoms with Crippen molar-refractivity contribution in [1.29, 1.82) is 0 Å². The minimum atomic E-state index is -3.44. The second kappa shape index (κ2) is 4.23. The van der Waals surface area contributed by atoms with E-state index in [4.69, 9.17) is 11.0 Å². The van der Waals surface area contributed by atoms with Crippen LogP contribution in [0.25, 0.3) is 0 Å². The van der Waals surface area contributed by atoms with Crippen molar-refractivity contribution in [3.05, 3.63) is 30.3 Å². The molecule has 0 amide bonds. The van der Waals surface area contributed by atoms with E-state index in [2.05, 4.69) is 4.49 Å². The highest BCUT2D eigenvalue weighted by molar-refractivity contribution is 7.95. The Bertz CT molecular complexity index is 315. The van der Waals surface area contributed by atoms with E-state index in [1.54, 1.807) is 30.3 Å². The second-order valence-corrected chi connectivity index (χ2v) is 5.54. The lowest BCUT2D eigenvalue weighted by atomic mass is 10.4. The molecule has 72 valence electrons. The van der Waals surface area contributed by atoms with E-state index in [0.29, 0.717) is 4.90 Å². The predicted octanol–water partition coefficient (Wildman–Crippen LogP) is 0.324. The van der Waals surface area contributed by atoms with Crippen molar-refractivity contribution >= 4 is 19.0 Å². The molecule has 0 fully saturated rings. The summed E-state index contributed by atoms with van der Waals surface area (Å²) >= 11 is -1.62. The lowest BCUT2D eigenvalue weighted by Crippen LogP contribution is -2.28. The van der Waals surface area contributed by atoms with Gasteiger partial charge in [0.2, 0.25) is 0 Å². The summed E-state index contributed by atoms with van der Waals surface area (Å²) in [5, 5.41) is 0. The third-order valence-electron chi connectivity index (χ3n) is 1.18. The van der Waals surface area contributed by atoms with Gasteiger partial charge in [-0.3, -0.25) is 15.6 Å². The van der Waals surface area contributed by atoms with E-state index in [1.165, 1.54) is 0 Å². The Hall–Kier alpha value is -0.360. The zero-order valence-electron chi connectivity index (χ0n) is 6.71. The molecule has 1 aromatic carbocycles. The van der Waals surface area contributed by atoms with Crippen molar-refractivity contribution in [2.45, 2.75) is 4.90 Å². The maximum atomic E-state index is 11.3. The molecular weight excluding hydrogens is 209 g/mol. The first kappa shape index (κ1) is 10.7. The molecule has 0 radical (unpaired) electrons. The van der Waals surface area contributed by atoms with Crippen molar-refractivity contribution < 1.29 is 9.12 Å². The van der Waals surface area contributed by atoms with Crippen LogP contribution in [0.4, 0.5) is 0 Å². The standard InChI is InChI=1S/C6H10N3O2PS/c7-12(8,10)9-13(11)6-4-2-1-3-5-6/h1-5H,(H5,7,8,9,10). The first-order valence-corrected chi connectivity index (χ1v) is 6.40. The van der Waals surface area contributed by atoms with Gasteiger partial charge in [0.1, 0.15) is 0 Å². The van der Waals surface area contributed by atoms with Crippen LogP contribution in [0.15, 0.2) is 35.2 Å². The van der Waals surface area contributed by atoms with Crippen LogP contribution < -0.4 is 15.5 Å². The lowest BCUT2D eigenvalue weighted by molar-refractivity contribution is 0.566. The summed E-state index contributed by atoms with van der Waals surface area (Å²) in [6.45, 7) is 0. The molecule has 5 nitrogen and oxygen atoms in total. The lowest BCUT2D eigenvalue weighted by Gasteiger charge is -2.12. The molecule has 0 saturated heterocycles. The zero-order valence-corrected chi connectivity index (χ0v) is 8.42. The molecule has 7 heteroatoms. The Balaban J connectivity index is 2.70. The second-order valence-electron chi connectivity index (χ2n) is 2.38. The third-order valence-corrected chi connectivity index (χ3v) is 3.69. The van der Waals surface area contributed by atoms with E-state index in [1.807, 2.05) is 0 Å². The van der Waals surface area contributed by atoms with Crippen LogP contribution >= 0.6 is 7.59 Å². The van der Waals surface area contributed by atoms with E-state index in [-0.39, 0.29) is 0 Å². The van der Waals surface area contributed by atoms with E-state index >= 15 is 0 Å². The van der Waals surface area contributed by atoms with Gasteiger partial charge in [-0.2, -0.15) is 0 Å². The summed E-state index contributed by atoms with van der Waals surface area (Å²) < 4.78 is 24.3. The topological polar surface area (TPSA) is 104 Å². The third kappa shape index (κ3) is 3.91. The van der Waals surface area contributed by atoms with Crippen LogP contribution in [-0.2, 0) is 15.9 Å². The normalized spacial score (nSPS) is 14.1. The maximum Gasteiger partial charge on any atom is 0.314 e. The largest absolute Gasteiger partial charge is 0.593 e. The summed E-state index contributed by atoms with van der Waals surface area (Å²) in [6.07, 6.45) is 0. The Kier molecular flexibility index (Phi) is 3.49. The molecule has 1 aromatic rings. The molecule has 0 aliphatic rings. The maximum absolute atomic E-state index is 11.3. The quantitative estimate of drug-likeness (QED) is 0.501. The minimum Gasteiger partial charge on any atom is -0.593 e. The molecule has 5 N–H and O–H groups in total. The fourth-order valence-corrected chi connectivity index (χ4v) is 2.59. The molecule has 0 aliphatic heterocycles. The Morgan fingerprint density at radius 3 is 2.31 bits per heavy atom. The van der Waals surface area contributed by atoms with Gasteiger partial charge in [0.25, 0.3) is 0 Å². The Morgan fingerprint density at radius 1 is 1.31 bits per heavy atom. The van der Waals surface area contributed by atoms with Crippen molar-refractivity contribution in [2.24, 2.45) is 11.0 Å². The van der Waals surface area contributed by atoms with Crippen LogP contribution in [0, 0.1) is 0 Å². The fourth-order valence-electron chi connectivity index (χ4n) is 0.726. The van der Waals surface area contributed by atoms with Gasteiger partial charge in [-0.1, -0.05) is 22.7 Å². The molecule has 0 heterocycles. The smallest absolute Gasteiger partial charge is 0.314 e. The van der Waals surface area contributed by atoms with E-state index in [9.17, 15) is 9.12 Å². The van der Waals surface area contributed by atoms with Gasteiger partial charge >= 0.3 is 7.59 Å². The van der Waals surface area contributed by atoms with Gasteiger partial charge in [0.15, 0.2) is 4.90 Å². The van der Waals surface area contributed by atoms with Crippen LogP contribution in [0.3, 0.4) is 0 Å². The average Bonchev–Trinajstić information content (AvgIpc) is 2.03. The number of hydrogen-bond donors (Lipinski definition) is 3. The molecule has 0 spiro atoms. The first-order valence-electron chi connectivity index (χ1n) is 3.41. The van der Waals surface area contributed by atoms with Crippen molar-refractivity contribution in [3.8, 4) is 0 Å². The van der Waals surface area contributed by atoms with E-state index < -0.39 is 19.0 Å². The number of rotatable bonds is 3. The van der Waals surface area contributed by atoms with Crippen molar-refractivity contribution in [3.63, 3.8) is 0 Å². The number of nitrogens with two attached hydrogens (primary N) is 2. The van der Waals surface area contributed by atoms with Crippen LogP contribution in [0.2, 0.25) is 0 Å². The summed E-state index contributed by atoms with van der Waals surface area (Å²) in [5.41, 5.74) is 10.0. The van der Waals surface area contributed by atoms with Crippen LogP contribution in [-0.4, -0.2) is 4.55 Å². The number of nitrogens with one attached hydrogen (secondary N) is 1. The summed E-state index contributed by atoms with van der Waals surface area (Å²) in [6, 6.07) is 8.46. The molecule has 1 rings (SSSR count). The van der Waals surface area contributed by atoms with Crippen LogP contribution in [0.1, 0.15) is 0 Å². The predicted molar refractivity (Wildman–Crippen MR) is 52.0 cm³/mol. The minimum absolute atomic E-state index is 0.485. The molecule has 1 unspecified atom stereocenters. The Morgan fingerprint density at radius 2 is 1.85 bits per heavy atom. The Labute approximate surface area is 79.3 Å². The molecule has 13 heavy (non-hydrogen) atoms.